The van der Waals surface area contributed by atoms with Crippen LogP contribution in [0, 0.1) is 11.3 Å². The first kappa shape index (κ1) is 32.6. The minimum atomic E-state index is -2.97. The fourth-order valence-corrected chi connectivity index (χ4v) is 6.72. The number of hydrogen-bond acceptors (Lipinski definition) is 6. The van der Waals surface area contributed by atoms with Crippen molar-refractivity contribution in [3.8, 4) is 5.75 Å². The molecule has 4 atom stereocenters. The third kappa shape index (κ3) is 8.78. The largest absolute Gasteiger partial charge is 0.493 e. The number of nitrogens with zero attached hydrogens (tertiary/aromatic N) is 1. The van der Waals surface area contributed by atoms with E-state index in [-0.39, 0.29) is 19.0 Å². The van der Waals surface area contributed by atoms with E-state index in [1.807, 2.05) is 77.1 Å². The number of ether oxygens (including phenoxy) is 1. The average molecular weight is 587 g/mol. The lowest BCUT2D eigenvalue weighted by atomic mass is 9.85. The summed E-state index contributed by atoms with van der Waals surface area (Å²) < 4.78 is 21.6. The van der Waals surface area contributed by atoms with Crippen molar-refractivity contribution < 1.29 is 23.6 Å². The van der Waals surface area contributed by atoms with Gasteiger partial charge in [0.15, 0.2) is 0 Å². The molecule has 1 unspecified atom stereocenters. The van der Waals surface area contributed by atoms with E-state index in [0.717, 1.165) is 23.3 Å². The third-order valence-electron chi connectivity index (χ3n) is 7.12. The maximum absolute atomic E-state index is 14.3. The zero-order valence-corrected chi connectivity index (χ0v) is 25.7. The van der Waals surface area contributed by atoms with Crippen molar-refractivity contribution >= 4 is 27.4 Å². The highest BCUT2D eigenvalue weighted by atomic mass is 32.2. The Morgan fingerprint density at radius 2 is 1.80 bits per heavy atom. The summed E-state index contributed by atoms with van der Waals surface area (Å²) in [5, 5.41) is 17.3. The number of rotatable bonds is 13. The standard InChI is InChI=1S/C31H46N4O5S/c1-21(2)19-35(41(6,39)24-12-13-27-23(17-24)14-15-40-27)20-26(36)25(16-22-10-8-7-9-11-22)33-30(38)29(31(3,4)5)34-28(37)18-32/h7-13,17,21,25-26,29,36H,6,14-16,18-20,32H2,1-5H3,(H,33,38)(H,34,37)/t25-,26+,29+,41?/m0/s1. The molecule has 0 aliphatic carbocycles. The molecule has 1 aliphatic heterocycles. The summed E-state index contributed by atoms with van der Waals surface area (Å²) in [6.45, 7) is 10.4. The van der Waals surface area contributed by atoms with Crippen molar-refractivity contribution in [2.45, 2.75) is 70.5 Å². The molecule has 0 aromatic heterocycles. The van der Waals surface area contributed by atoms with E-state index in [1.54, 1.807) is 10.4 Å². The van der Waals surface area contributed by atoms with E-state index in [1.165, 1.54) is 0 Å². The maximum atomic E-state index is 14.3. The van der Waals surface area contributed by atoms with Crippen molar-refractivity contribution in [1.29, 1.82) is 0 Å². The molecule has 3 rings (SSSR count). The van der Waals surface area contributed by atoms with Gasteiger partial charge in [-0.1, -0.05) is 65.0 Å². The van der Waals surface area contributed by atoms with E-state index in [2.05, 4.69) is 16.5 Å². The van der Waals surface area contributed by atoms with Crippen molar-refractivity contribution in [3.63, 3.8) is 0 Å². The summed E-state index contributed by atoms with van der Waals surface area (Å²) in [6, 6.07) is 13.4. The van der Waals surface area contributed by atoms with Crippen LogP contribution in [-0.2, 0) is 32.1 Å². The number of fused-ring (bicyclic) bond motifs is 1. The zero-order chi connectivity index (χ0) is 30.4. The maximum Gasteiger partial charge on any atom is 0.243 e. The molecule has 226 valence electrons. The van der Waals surface area contributed by atoms with Gasteiger partial charge in [-0.05, 0) is 53.0 Å². The summed E-state index contributed by atoms with van der Waals surface area (Å²) in [4.78, 5) is 26.3. The van der Waals surface area contributed by atoms with Gasteiger partial charge in [-0.2, -0.15) is 0 Å². The summed E-state index contributed by atoms with van der Waals surface area (Å²) in [5.74, 6) is 4.19. The molecule has 1 aliphatic rings. The number of nitrogens with one attached hydrogen (secondary N) is 2. The van der Waals surface area contributed by atoms with E-state index in [4.69, 9.17) is 10.5 Å². The molecule has 1 heterocycles. The zero-order valence-electron chi connectivity index (χ0n) is 24.9. The second kappa shape index (κ2) is 13.8. The summed E-state index contributed by atoms with van der Waals surface area (Å²) in [6.07, 6.45) is -0.0183. The third-order valence-corrected chi connectivity index (χ3v) is 9.24. The lowest BCUT2D eigenvalue weighted by Crippen LogP contribution is -2.59. The summed E-state index contributed by atoms with van der Waals surface area (Å²) >= 11 is 0. The lowest BCUT2D eigenvalue weighted by Gasteiger charge is -2.35. The molecule has 2 aromatic carbocycles. The molecule has 9 nitrogen and oxygen atoms in total. The van der Waals surface area contributed by atoms with Gasteiger partial charge in [0.05, 0.1) is 35.0 Å². The molecule has 0 bridgehead atoms. The first-order valence-electron chi connectivity index (χ1n) is 14.1. The number of carbonyl (C=O) groups is 2. The Balaban J connectivity index is 1.91. The second-order valence-electron chi connectivity index (χ2n) is 12.2. The minimum absolute atomic E-state index is 0.0151. The van der Waals surface area contributed by atoms with E-state index < -0.39 is 45.1 Å². The number of hydrogen-bond donors (Lipinski definition) is 4. The number of nitrogens with two attached hydrogens (primary N) is 1. The molecule has 41 heavy (non-hydrogen) atoms. The van der Waals surface area contributed by atoms with E-state index in [0.29, 0.717) is 24.5 Å². The Labute approximate surface area is 245 Å². The fraction of sp³-hybridized carbons (Fsp3) is 0.516. The van der Waals surface area contributed by atoms with Gasteiger partial charge < -0.3 is 26.2 Å². The van der Waals surface area contributed by atoms with E-state index >= 15 is 0 Å². The molecule has 0 fully saturated rings. The van der Waals surface area contributed by atoms with Gasteiger partial charge in [0.2, 0.25) is 11.8 Å². The molecule has 2 aromatic rings. The van der Waals surface area contributed by atoms with Crippen LogP contribution in [0.25, 0.3) is 0 Å². The highest BCUT2D eigenvalue weighted by Gasteiger charge is 2.36. The Kier molecular flexibility index (Phi) is 11.0. The topological polar surface area (TPSA) is 134 Å². The van der Waals surface area contributed by atoms with Gasteiger partial charge >= 0.3 is 0 Å². The number of aliphatic hydroxyl groups is 1. The van der Waals surface area contributed by atoms with Crippen LogP contribution >= 0.6 is 0 Å². The predicted octanol–water partition coefficient (Wildman–Crippen LogP) is 2.15. The minimum Gasteiger partial charge on any atom is -0.493 e. The van der Waals surface area contributed by atoms with Gasteiger partial charge in [-0.25, -0.2) is 8.51 Å². The molecule has 0 spiro atoms. The summed E-state index contributed by atoms with van der Waals surface area (Å²) in [7, 11) is -2.97. The van der Waals surface area contributed by atoms with Crippen LogP contribution in [0.15, 0.2) is 53.4 Å². The Morgan fingerprint density at radius 1 is 1.12 bits per heavy atom. The fourth-order valence-electron chi connectivity index (χ4n) is 4.88. The van der Waals surface area contributed by atoms with Gasteiger partial charge in [-0.15, -0.1) is 0 Å². The van der Waals surface area contributed by atoms with Crippen molar-refractivity contribution in [1.82, 2.24) is 14.9 Å². The number of benzene rings is 2. The molecular weight excluding hydrogens is 540 g/mol. The predicted molar refractivity (Wildman–Crippen MR) is 164 cm³/mol. The average Bonchev–Trinajstić information content (AvgIpc) is 3.38. The van der Waals surface area contributed by atoms with Crippen LogP contribution in [0.5, 0.6) is 5.75 Å². The van der Waals surface area contributed by atoms with Crippen molar-refractivity contribution in [2.75, 3.05) is 26.2 Å². The SMILES string of the molecule is C=S(=O)(c1ccc2c(c1)CCO2)N(CC(C)C)C[C@@H](O)[C@H](Cc1ccccc1)NC(=O)[C@@H](NC(=O)CN)C(C)(C)C. The van der Waals surface area contributed by atoms with Crippen molar-refractivity contribution in [3.05, 3.63) is 59.7 Å². The van der Waals surface area contributed by atoms with Crippen LogP contribution in [0.1, 0.15) is 45.7 Å². The van der Waals surface area contributed by atoms with Crippen LogP contribution in [0.2, 0.25) is 0 Å². The molecule has 0 saturated carbocycles. The highest BCUT2D eigenvalue weighted by Crippen LogP contribution is 2.29. The van der Waals surface area contributed by atoms with Crippen LogP contribution in [0.3, 0.4) is 0 Å². The Hall–Kier alpha value is -2.92. The number of amides is 2. The number of aliphatic hydroxyl groups excluding tert-OH is 1. The molecule has 0 radical (unpaired) electrons. The van der Waals surface area contributed by atoms with Crippen LogP contribution in [0.4, 0.5) is 0 Å². The molecule has 10 heteroatoms. The number of carbonyl (C=O) groups excluding carboxylic acids is 2. The van der Waals surface area contributed by atoms with Gasteiger partial charge in [0.25, 0.3) is 0 Å². The molecule has 0 saturated heterocycles. The first-order valence-corrected chi connectivity index (χ1v) is 15.8. The summed E-state index contributed by atoms with van der Waals surface area (Å²) in [5.41, 5.74) is 6.80. The van der Waals surface area contributed by atoms with Gasteiger partial charge in [-0.3, -0.25) is 9.59 Å². The quantitative estimate of drug-likeness (QED) is 0.266. The second-order valence-corrected chi connectivity index (χ2v) is 14.5. The Bertz CT molecular complexity index is 1290. The first-order chi connectivity index (χ1) is 19.2. The van der Waals surface area contributed by atoms with Gasteiger partial charge in [0, 0.05) is 24.4 Å². The van der Waals surface area contributed by atoms with Crippen molar-refractivity contribution in [2.24, 2.45) is 17.1 Å². The lowest BCUT2D eigenvalue weighted by molar-refractivity contribution is -0.132. The molecule has 5 N–H and O–H groups in total. The van der Waals surface area contributed by atoms with Crippen LogP contribution < -0.4 is 21.1 Å². The van der Waals surface area contributed by atoms with E-state index in [9.17, 15) is 18.9 Å². The molecule has 2 amide bonds. The van der Waals surface area contributed by atoms with Gasteiger partial charge in [0.1, 0.15) is 11.8 Å². The monoisotopic (exact) mass is 586 g/mol. The Morgan fingerprint density at radius 3 is 2.41 bits per heavy atom. The highest BCUT2D eigenvalue weighted by molar-refractivity contribution is 7.98. The normalized spacial score (nSPS) is 16.8. The van der Waals surface area contributed by atoms with Crippen LogP contribution in [-0.4, -0.2) is 75.7 Å². The smallest absolute Gasteiger partial charge is 0.243 e. The molecular formula is C31H46N4O5S.